The van der Waals surface area contributed by atoms with Crippen molar-refractivity contribution in [3.8, 4) is 0 Å². The molecule has 0 aromatic heterocycles. The summed E-state index contributed by atoms with van der Waals surface area (Å²) in [6.07, 6.45) is 30.1. The maximum Gasteiger partial charge on any atom is 0.0916 e. The number of ether oxygens (including phenoxy) is 1. The van der Waals surface area contributed by atoms with Crippen LogP contribution in [0.25, 0.3) is 0 Å². The maximum atomic E-state index is 5.73. The lowest BCUT2D eigenvalue weighted by Crippen LogP contribution is -2.10. The van der Waals surface area contributed by atoms with Gasteiger partial charge in [0.25, 0.3) is 0 Å². The standard InChI is InChI=1S/C25H50O/c1-3-5-7-8-9-10-11-12-13-14-15-16-17-18-19-20-21-23-25(24-26-25)22-6-4-2/h3-24H2,1-2H3. The summed E-state index contributed by atoms with van der Waals surface area (Å²) < 4.78 is 5.73. The molecule has 0 N–H and O–H groups in total. The largest absolute Gasteiger partial charge is 0.370 e. The fraction of sp³-hybridized carbons (Fsp3) is 1.00. The van der Waals surface area contributed by atoms with Gasteiger partial charge in [-0.2, -0.15) is 0 Å². The highest BCUT2D eigenvalue weighted by Gasteiger charge is 2.42. The van der Waals surface area contributed by atoms with E-state index in [0.29, 0.717) is 5.60 Å². The molecule has 1 aliphatic heterocycles. The van der Waals surface area contributed by atoms with Gasteiger partial charge in [-0.3, -0.25) is 0 Å². The lowest BCUT2D eigenvalue weighted by Gasteiger charge is -2.10. The average Bonchev–Trinajstić information content (AvgIpc) is 3.43. The van der Waals surface area contributed by atoms with Crippen LogP contribution in [0.3, 0.4) is 0 Å². The summed E-state index contributed by atoms with van der Waals surface area (Å²) in [6, 6.07) is 0. The minimum atomic E-state index is 0.339. The lowest BCUT2D eigenvalue weighted by molar-refractivity contribution is 0.262. The van der Waals surface area contributed by atoms with Crippen molar-refractivity contribution >= 4 is 0 Å². The van der Waals surface area contributed by atoms with Crippen molar-refractivity contribution in [2.45, 2.75) is 154 Å². The van der Waals surface area contributed by atoms with Gasteiger partial charge in [-0.15, -0.1) is 0 Å². The van der Waals surface area contributed by atoms with Crippen LogP contribution in [0.2, 0.25) is 0 Å². The predicted molar refractivity (Wildman–Crippen MR) is 117 cm³/mol. The van der Waals surface area contributed by atoms with Gasteiger partial charge in [-0.25, -0.2) is 0 Å². The van der Waals surface area contributed by atoms with Gasteiger partial charge in [0.1, 0.15) is 0 Å². The SMILES string of the molecule is CCCCCCCCCCCCCCCCCCCC1(CCCC)CO1. The smallest absolute Gasteiger partial charge is 0.0916 e. The Kier molecular flexibility index (Phi) is 15.8. The Morgan fingerprint density at radius 1 is 0.462 bits per heavy atom. The van der Waals surface area contributed by atoms with E-state index in [2.05, 4.69) is 13.8 Å². The van der Waals surface area contributed by atoms with Crippen molar-refractivity contribution in [1.29, 1.82) is 0 Å². The van der Waals surface area contributed by atoms with Crippen molar-refractivity contribution in [3.63, 3.8) is 0 Å². The summed E-state index contributed by atoms with van der Waals surface area (Å²) >= 11 is 0. The van der Waals surface area contributed by atoms with Crippen LogP contribution >= 0.6 is 0 Å². The molecule has 156 valence electrons. The molecule has 1 unspecified atom stereocenters. The second kappa shape index (κ2) is 17.1. The Bertz CT molecular complexity index is 282. The van der Waals surface area contributed by atoms with E-state index in [9.17, 15) is 0 Å². The van der Waals surface area contributed by atoms with Gasteiger partial charge in [-0.05, 0) is 12.8 Å². The monoisotopic (exact) mass is 366 g/mol. The van der Waals surface area contributed by atoms with Crippen LogP contribution in [-0.4, -0.2) is 12.2 Å². The van der Waals surface area contributed by atoms with E-state index in [1.807, 2.05) is 0 Å². The zero-order chi connectivity index (χ0) is 18.8. The second-order valence-corrected chi connectivity index (χ2v) is 8.98. The third kappa shape index (κ3) is 14.1. The van der Waals surface area contributed by atoms with E-state index in [4.69, 9.17) is 4.74 Å². The van der Waals surface area contributed by atoms with Crippen LogP contribution < -0.4 is 0 Å². The topological polar surface area (TPSA) is 12.5 Å². The molecule has 1 heteroatoms. The highest BCUT2D eigenvalue weighted by atomic mass is 16.6. The molecule has 0 saturated carbocycles. The van der Waals surface area contributed by atoms with Crippen LogP contribution in [-0.2, 0) is 4.74 Å². The minimum Gasteiger partial charge on any atom is -0.370 e. The molecular formula is C25H50O. The summed E-state index contributed by atoms with van der Waals surface area (Å²) in [5, 5.41) is 0. The molecule has 1 fully saturated rings. The van der Waals surface area contributed by atoms with Gasteiger partial charge >= 0.3 is 0 Å². The molecule has 0 aromatic carbocycles. The van der Waals surface area contributed by atoms with Gasteiger partial charge in [0.2, 0.25) is 0 Å². The van der Waals surface area contributed by atoms with E-state index in [1.54, 1.807) is 0 Å². The molecule has 1 nitrogen and oxygen atoms in total. The maximum absolute atomic E-state index is 5.73. The van der Waals surface area contributed by atoms with Gasteiger partial charge < -0.3 is 4.74 Å². The number of hydrogen-bond acceptors (Lipinski definition) is 1. The first-order valence-electron chi connectivity index (χ1n) is 12.5. The molecule has 1 heterocycles. The Balaban J connectivity index is 1.69. The number of rotatable bonds is 21. The number of hydrogen-bond donors (Lipinski definition) is 0. The van der Waals surface area contributed by atoms with E-state index in [-0.39, 0.29) is 0 Å². The quantitative estimate of drug-likeness (QED) is 0.146. The van der Waals surface area contributed by atoms with Gasteiger partial charge in [-0.1, -0.05) is 136 Å². The van der Waals surface area contributed by atoms with Crippen LogP contribution in [0.15, 0.2) is 0 Å². The summed E-state index contributed by atoms with van der Waals surface area (Å²) in [5.41, 5.74) is 0.339. The molecule has 0 radical (unpaired) electrons. The van der Waals surface area contributed by atoms with Crippen molar-refractivity contribution in [1.82, 2.24) is 0 Å². The summed E-state index contributed by atoms with van der Waals surface area (Å²) in [7, 11) is 0. The van der Waals surface area contributed by atoms with Crippen LogP contribution in [0, 0.1) is 0 Å². The molecular weight excluding hydrogens is 316 g/mol. The molecule has 1 saturated heterocycles. The lowest BCUT2D eigenvalue weighted by atomic mass is 9.95. The molecule has 0 bridgehead atoms. The third-order valence-corrected chi connectivity index (χ3v) is 6.27. The Hall–Kier alpha value is -0.0400. The van der Waals surface area contributed by atoms with Crippen molar-refractivity contribution < 1.29 is 4.74 Å². The summed E-state index contributed by atoms with van der Waals surface area (Å²) in [6.45, 7) is 5.63. The molecule has 0 aliphatic carbocycles. The van der Waals surface area contributed by atoms with Gasteiger partial charge in [0, 0.05) is 0 Å². The van der Waals surface area contributed by atoms with Crippen molar-refractivity contribution in [2.24, 2.45) is 0 Å². The first kappa shape index (κ1) is 24.0. The number of epoxide rings is 1. The normalized spacial score (nSPS) is 19.2. The van der Waals surface area contributed by atoms with Crippen LogP contribution in [0.1, 0.15) is 149 Å². The minimum absolute atomic E-state index is 0.339. The highest BCUT2D eigenvalue weighted by Crippen LogP contribution is 2.37. The van der Waals surface area contributed by atoms with E-state index >= 15 is 0 Å². The predicted octanol–water partition coefficient (Wildman–Crippen LogP) is 8.99. The average molecular weight is 367 g/mol. The van der Waals surface area contributed by atoms with Gasteiger partial charge in [0.15, 0.2) is 0 Å². The number of unbranched alkanes of at least 4 members (excludes halogenated alkanes) is 17. The first-order valence-corrected chi connectivity index (χ1v) is 12.5. The summed E-state index contributed by atoms with van der Waals surface area (Å²) in [4.78, 5) is 0. The fourth-order valence-corrected chi connectivity index (χ4v) is 4.19. The van der Waals surface area contributed by atoms with Crippen molar-refractivity contribution in [2.75, 3.05) is 6.61 Å². The van der Waals surface area contributed by atoms with E-state index in [1.165, 1.54) is 135 Å². The molecule has 0 amide bonds. The van der Waals surface area contributed by atoms with Gasteiger partial charge in [0.05, 0.1) is 12.2 Å². The molecule has 1 rings (SSSR count). The molecule has 1 atom stereocenters. The zero-order valence-electron chi connectivity index (χ0n) is 18.5. The summed E-state index contributed by atoms with van der Waals surface area (Å²) in [5.74, 6) is 0. The van der Waals surface area contributed by atoms with E-state index in [0.717, 1.165) is 6.61 Å². The Labute approximate surface area is 166 Å². The molecule has 0 spiro atoms. The second-order valence-electron chi connectivity index (χ2n) is 8.98. The third-order valence-electron chi connectivity index (χ3n) is 6.27. The van der Waals surface area contributed by atoms with Crippen molar-refractivity contribution in [3.05, 3.63) is 0 Å². The molecule has 26 heavy (non-hydrogen) atoms. The Morgan fingerprint density at radius 2 is 0.769 bits per heavy atom. The highest BCUT2D eigenvalue weighted by molar-refractivity contribution is 4.91. The first-order chi connectivity index (χ1) is 12.8. The molecule has 0 aromatic rings. The van der Waals surface area contributed by atoms with E-state index < -0.39 is 0 Å². The van der Waals surface area contributed by atoms with Crippen LogP contribution in [0.4, 0.5) is 0 Å². The fourth-order valence-electron chi connectivity index (χ4n) is 4.19. The Morgan fingerprint density at radius 3 is 1.12 bits per heavy atom. The zero-order valence-corrected chi connectivity index (χ0v) is 18.5. The molecule has 1 aliphatic rings. The van der Waals surface area contributed by atoms with Crippen LogP contribution in [0.5, 0.6) is 0 Å².